The monoisotopic (exact) mass is 862 g/mol. The van der Waals surface area contributed by atoms with Crippen LogP contribution in [0.15, 0.2) is 97.6 Å². The maximum absolute atomic E-state index is 13.5. The molecule has 0 bridgehead atoms. The summed E-state index contributed by atoms with van der Waals surface area (Å²) in [5.41, 5.74) is 1.22. The number of carbonyl (C=O) groups excluding carboxylic acids is 9. The van der Waals surface area contributed by atoms with Gasteiger partial charge in [0.15, 0.2) is 0 Å². The number of esters is 2. The zero-order chi connectivity index (χ0) is 46.0. The van der Waals surface area contributed by atoms with E-state index >= 15 is 0 Å². The van der Waals surface area contributed by atoms with Crippen molar-refractivity contribution in [2.75, 3.05) is 36.1 Å². The molecule has 17 heteroatoms. The first-order chi connectivity index (χ1) is 30.7. The third kappa shape index (κ3) is 8.15. The first-order valence-corrected chi connectivity index (χ1v) is 19.3. The number of ether oxygens (including phenoxy) is 2. The molecule has 1 saturated heterocycles. The molecule has 64 heavy (non-hydrogen) atoms. The van der Waals surface area contributed by atoms with Crippen molar-refractivity contribution in [1.29, 1.82) is 0 Å². The third-order valence-corrected chi connectivity index (χ3v) is 10.4. The number of anilines is 2. The molecule has 4 aromatic rings. The summed E-state index contributed by atoms with van der Waals surface area (Å²) in [6, 6.07) is 18.4. The lowest BCUT2D eigenvalue weighted by molar-refractivity contribution is -0.151. The number of hydrogen-bond donors (Lipinski definition) is 2. The molecule has 1 fully saturated rings. The SMILES string of the molecule is C#Cc1ccc(N2C(=O)c3ccc(C(=O)OCC(O)CN4C(=O)C(CC=C)C(=O)N(CC(O)COC(=O)c5ccc6c(c5)C(=O)N(c5ccc(C#C)cc5)C6=O)C4=O)cc3C2=O)cc1. The summed E-state index contributed by atoms with van der Waals surface area (Å²) in [6.45, 7) is 0.512. The van der Waals surface area contributed by atoms with Gasteiger partial charge in [-0.05, 0) is 91.3 Å². The van der Waals surface area contributed by atoms with E-state index in [1.165, 1.54) is 54.6 Å². The van der Waals surface area contributed by atoms with Gasteiger partial charge in [-0.3, -0.25) is 38.6 Å². The average Bonchev–Trinajstić information content (AvgIpc) is 3.71. The summed E-state index contributed by atoms with van der Waals surface area (Å²) >= 11 is 0. The quantitative estimate of drug-likeness (QED) is 0.0612. The molecular weight excluding hydrogens is 829 g/mol. The second-order valence-electron chi connectivity index (χ2n) is 14.6. The van der Waals surface area contributed by atoms with Crippen LogP contribution in [0.4, 0.5) is 16.2 Å². The van der Waals surface area contributed by atoms with E-state index in [4.69, 9.17) is 22.3 Å². The van der Waals surface area contributed by atoms with Crippen LogP contribution < -0.4 is 9.80 Å². The summed E-state index contributed by atoms with van der Waals surface area (Å²) < 4.78 is 10.4. The number of carbonyl (C=O) groups is 9. The first-order valence-electron chi connectivity index (χ1n) is 19.3. The molecule has 2 N–H and O–H groups in total. The maximum Gasteiger partial charge on any atom is 0.338 e. The Balaban J connectivity index is 0.954. The number of imide groups is 4. The molecule has 4 aromatic carbocycles. The van der Waals surface area contributed by atoms with Gasteiger partial charge in [0.05, 0.1) is 57.8 Å². The van der Waals surface area contributed by atoms with Gasteiger partial charge in [0, 0.05) is 11.1 Å². The summed E-state index contributed by atoms with van der Waals surface area (Å²) in [6.07, 6.45) is 8.44. The predicted octanol–water partition coefficient (Wildman–Crippen LogP) is 2.97. The van der Waals surface area contributed by atoms with Crippen LogP contribution in [0, 0.1) is 30.6 Å². The van der Waals surface area contributed by atoms with Crippen LogP contribution in [0.2, 0.25) is 0 Å². The number of aliphatic hydroxyl groups excluding tert-OH is 2. The summed E-state index contributed by atoms with van der Waals surface area (Å²) in [5.74, 6) is -3.26. The van der Waals surface area contributed by atoms with Crippen molar-refractivity contribution in [2.24, 2.45) is 5.92 Å². The van der Waals surface area contributed by atoms with Crippen LogP contribution in [0.3, 0.4) is 0 Å². The van der Waals surface area contributed by atoms with E-state index in [1.807, 2.05) is 0 Å². The number of amides is 8. The Morgan fingerprint density at radius 1 is 0.609 bits per heavy atom. The van der Waals surface area contributed by atoms with Crippen LogP contribution in [-0.2, 0) is 19.1 Å². The molecule has 0 spiro atoms. The van der Waals surface area contributed by atoms with Gasteiger partial charge in [0.25, 0.3) is 23.6 Å². The van der Waals surface area contributed by atoms with E-state index < -0.39 is 97.8 Å². The molecular formula is C47H34N4O13. The van der Waals surface area contributed by atoms with E-state index in [9.17, 15) is 53.4 Å². The Bertz CT molecular complexity index is 2600. The molecule has 0 aromatic heterocycles. The van der Waals surface area contributed by atoms with Crippen LogP contribution in [-0.4, -0.2) is 112 Å². The molecule has 7 rings (SSSR count). The largest absolute Gasteiger partial charge is 0.459 e. The normalized spacial score (nSPS) is 16.6. The maximum atomic E-state index is 13.5. The minimum atomic E-state index is -1.68. The molecule has 0 radical (unpaired) electrons. The molecule has 3 aliphatic rings. The number of nitrogens with zero attached hydrogens (tertiary/aromatic N) is 4. The lowest BCUT2D eigenvalue weighted by Crippen LogP contribution is -2.62. The Hall–Kier alpha value is -8.51. The second-order valence-corrected chi connectivity index (χ2v) is 14.6. The van der Waals surface area contributed by atoms with E-state index in [1.54, 1.807) is 24.3 Å². The van der Waals surface area contributed by atoms with Crippen molar-refractivity contribution in [3.8, 4) is 24.7 Å². The fourth-order valence-electron chi connectivity index (χ4n) is 7.18. The summed E-state index contributed by atoms with van der Waals surface area (Å²) in [5, 5.41) is 21.7. The number of allylic oxidation sites excluding steroid dienone is 1. The highest BCUT2D eigenvalue weighted by molar-refractivity contribution is 6.35. The van der Waals surface area contributed by atoms with Crippen LogP contribution in [0.25, 0.3) is 0 Å². The molecule has 2 atom stereocenters. The number of aliphatic hydroxyl groups is 2. The second kappa shape index (κ2) is 17.8. The van der Waals surface area contributed by atoms with Gasteiger partial charge in [-0.1, -0.05) is 17.9 Å². The number of barbiturate groups is 1. The number of hydrogen-bond acceptors (Lipinski definition) is 13. The molecule has 2 unspecified atom stereocenters. The minimum Gasteiger partial charge on any atom is -0.459 e. The zero-order valence-electron chi connectivity index (χ0n) is 33.5. The fourth-order valence-corrected chi connectivity index (χ4v) is 7.18. The Kier molecular flexibility index (Phi) is 12.1. The molecule has 3 aliphatic heterocycles. The van der Waals surface area contributed by atoms with Gasteiger partial charge in [0.1, 0.15) is 31.3 Å². The van der Waals surface area contributed by atoms with Gasteiger partial charge in [0.2, 0.25) is 11.8 Å². The summed E-state index contributed by atoms with van der Waals surface area (Å²) in [4.78, 5) is 122. The molecule has 17 nitrogen and oxygen atoms in total. The zero-order valence-corrected chi connectivity index (χ0v) is 33.5. The smallest absolute Gasteiger partial charge is 0.338 e. The van der Waals surface area contributed by atoms with Crippen molar-refractivity contribution in [1.82, 2.24) is 9.80 Å². The Labute approximate surface area is 364 Å². The van der Waals surface area contributed by atoms with Crippen LogP contribution >= 0.6 is 0 Å². The Morgan fingerprint density at radius 3 is 1.34 bits per heavy atom. The van der Waals surface area contributed by atoms with Crippen molar-refractivity contribution in [2.45, 2.75) is 18.6 Å². The standard InChI is InChI=1S/C47H34N4O13/c1-4-7-36-39(54)48(22-32(52)24-63-45(60)28-12-18-34-37(20-28)43(58)50(41(34)56)30-14-8-26(5-2)9-15-30)47(62)49(40(36)55)23-33(53)25-64-46(61)29-13-19-35-38(21-29)44(59)51(42(35)57)31-16-10-27(6-3)11-17-31/h2-4,8-21,32-33,36,52-53H,1,7,22-25H2. The molecule has 0 aliphatic carbocycles. The highest BCUT2D eigenvalue weighted by Crippen LogP contribution is 2.31. The van der Waals surface area contributed by atoms with Gasteiger partial charge in [-0.15, -0.1) is 19.4 Å². The van der Waals surface area contributed by atoms with E-state index in [0.717, 1.165) is 21.9 Å². The van der Waals surface area contributed by atoms with E-state index in [2.05, 4.69) is 18.4 Å². The lowest BCUT2D eigenvalue weighted by Gasteiger charge is -2.38. The number of urea groups is 1. The van der Waals surface area contributed by atoms with Crippen molar-refractivity contribution < 1.29 is 62.8 Å². The number of benzene rings is 4. The van der Waals surface area contributed by atoms with Gasteiger partial charge >= 0.3 is 18.0 Å². The topological polar surface area (TPSA) is 226 Å². The van der Waals surface area contributed by atoms with E-state index in [-0.39, 0.29) is 51.2 Å². The van der Waals surface area contributed by atoms with Crippen molar-refractivity contribution in [3.05, 3.63) is 142 Å². The molecule has 3 heterocycles. The number of rotatable bonds is 14. The first kappa shape index (κ1) is 43.6. The van der Waals surface area contributed by atoms with Gasteiger partial charge in [-0.25, -0.2) is 24.2 Å². The highest BCUT2D eigenvalue weighted by Gasteiger charge is 2.46. The van der Waals surface area contributed by atoms with Crippen molar-refractivity contribution >= 4 is 64.8 Å². The van der Waals surface area contributed by atoms with Crippen LogP contribution in [0.1, 0.15) is 79.7 Å². The lowest BCUT2D eigenvalue weighted by atomic mass is 9.99. The average molecular weight is 863 g/mol. The molecule has 8 amide bonds. The predicted molar refractivity (Wildman–Crippen MR) is 224 cm³/mol. The fraction of sp³-hybridized carbons (Fsp3) is 0.170. The number of fused-ring (bicyclic) bond motifs is 2. The minimum absolute atomic E-state index is 0.0359. The highest BCUT2D eigenvalue weighted by atomic mass is 16.5. The van der Waals surface area contributed by atoms with Crippen LogP contribution in [0.5, 0.6) is 0 Å². The molecule has 320 valence electrons. The van der Waals surface area contributed by atoms with Crippen molar-refractivity contribution in [3.63, 3.8) is 0 Å². The Morgan fingerprint density at radius 2 is 0.984 bits per heavy atom. The number of terminal acetylenes is 2. The molecule has 0 saturated carbocycles. The van der Waals surface area contributed by atoms with Gasteiger partial charge < -0.3 is 19.7 Å². The summed E-state index contributed by atoms with van der Waals surface area (Å²) in [7, 11) is 0. The number of β-amino-alcohol motifs (C(OH)–C–C–N with tert-alkyl or cyclic N) is 2. The van der Waals surface area contributed by atoms with E-state index in [0.29, 0.717) is 20.9 Å². The third-order valence-electron chi connectivity index (χ3n) is 10.4. The van der Waals surface area contributed by atoms with Gasteiger partial charge in [-0.2, -0.15) is 0 Å².